The van der Waals surface area contributed by atoms with Gasteiger partial charge in [-0.1, -0.05) is 32.9 Å². The molecule has 114 valence electrons. The highest BCUT2D eigenvalue weighted by atomic mass is 32.2. The summed E-state index contributed by atoms with van der Waals surface area (Å²) >= 11 is 0. The van der Waals surface area contributed by atoms with Gasteiger partial charge >= 0.3 is 0 Å². The van der Waals surface area contributed by atoms with Gasteiger partial charge in [0, 0.05) is 20.6 Å². The van der Waals surface area contributed by atoms with Crippen LogP contribution in [0.15, 0.2) is 24.3 Å². The maximum atomic E-state index is 11.5. The Labute approximate surface area is 122 Å². The van der Waals surface area contributed by atoms with Crippen LogP contribution in [-0.2, 0) is 15.6 Å². The van der Waals surface area contributed by atoms with Crippen LogP contribution in [0.4, 0.5) is 0 Å². The molecule has 0 bridgehead atoms. The lowest BCUT2D eigenvalue weighted by molar-refractivity contribution is 0.321. The second-order valence-corrected chi connectivity index (χ2v) is 7.77. The number of nitrogens with zero attached hydrogens (tertiary/aromatic N) is 1. The zero-order valence-corrected chi connectivity index (χ0v) is 13.6. The normalized spacial score (nSPS) is 12.7. The number of hydrogen-bond acceptors (Lipinski definition) is 3. The van der Waals surface area contributed by atoms with Gasteiger partial charge in [-0.2, -0.15) is 17.4 Å². The first-order valence-corrected chi connectivity index (χ1v) is 7.97. The summed E-state index contributed by atoms with van der Waals surface area (Å²) in [5, 5.41) is 0. The number of ether oxygens (including phenoxy) is 1. The number of benzene rings is 1. The molecule has 1 N–H and O–H groups in total. The molecule has 0 unspecified atom stereocenters. The molecule has 0 spiro atoms. The number of rotatable bonds is 6. The summed E-state index contributed by atoms with van der Waals surface area (Å²) in [7, 11) is -0.414. The van der Waals surface area contributed by atoms with Gasteiger partial charge in [0.05, 0.1) is 0 Å². The number of hydrogen-bond donors (Lipinski definition) is 1. The van der Waals surface area contributed by atoms with Crippen LogP contribution in [0.25, 0.3) is 0 Å². The molecule has 0 aromatic heterocycles. The third-order valence-electron chi connectivity index (χ3n) is 2.86. The largest absolute Gasteiger partial charge is 0.492 e. The summed E-state index contributed by atoms with van der Waals surface area (Å²) in [6.45, 7) is 6.99. The first-order chi connectivity index (χ1) is 9.13. The second kappa shape index (κ2) is 6.56. The third-order valence-corrected chi connectivity index (χ3v) is 4.39. The first kappa shape index (κ1) is 16.9. The van der Waals surface area contributed by atoms with Gasteiger partial charge in [-0.3, -0.25) is 0 Å². The lowest BCUT2D eigenvalue weighted by Crippen LogP contribution is -2.37. The monoisotopic (exact) mass is 300 g/mol. The van der Waals surface area contributed by atoms with Gasteiger partial charge in [0.1, 0.15) is 12.4 Å². The second-order valence-electron chi connectivity index (χ2n) is 5.80. The molecule has 0 fully saturated rings. The summed E-state index contributed by atoms with van der Waals surface area (Å²) in [6.07, 6.45) is 0. The third kappa shape index (κ3) is 5.11. The maximum absolute atomic E-state index is 11.5. The van der Waals surface area contributed by atoms with E-state index in [-0.39, 0.29) is 12.0 Å². The Bertz CT molecular complexity index is 516. The van der Waals surface area contributed by atoms with Gasteiger partial charge in [-0.05, 0) is 23.1 Å². The van der Waals surface area contributed by atoms with Crippen molar-refractivity contribution in [3.05, 3.63) is 29.8 Å². The van der Waals surface area contributed by atoms with Crippen molar-refractivity contribution in [2.45, 2.75) is 26.2 Å². The average molecular weight is 300 g/mol. The predicted molar refractivity (Wildman–Crippen MR) is 81.2 cm³/mol. The van der Waals surface area contributed by atoms with Crippen LogP contribution in [0.3, 0.4) is 0 Å². The molecule has 1 aromatic rings. The molecule has 0 aliphatic rings. The van der Waals surface area contributed by atoms with Gasteiger partial charge in [-0.25, -0.2) is 0 Å². The molecule has 0 amide bonds. The Morgan fingerprint density at radius 3 is 2.15 bits per heavy atom. The Kier molecular flexibility index (Phi) is 5.56. The molecule has 0 aliphatic carbocycles. The van der Waals surface area contributed by atoms with Crippen molar-refractivity contribution >= 4 is 10.2 Å². The molecular weight excluding hydrogens is 276 g/mol. The van der Waals surface area contributed by atoms with Crippen LogP contribution in [0.1, 0.15) is 26.3 Å². The van der Waals surface area contributed by atoms with Crippen molar-refractivity contribution in [2.24, 2.45) is 0 Å². The van der Waals surface area contributed by atoms with Gasteiger partial charge in [0.2, 0.25) is 0 Å². The zero-order chi connectivity index (χ0) is 15.4. The summed E-state index contributed by atoms with van der Waals surface area (Å²) in [5.41, 5.74) is 1.35. The van der Waals surface area contributed by atoms with E-state index in [1.807, 2.05) is 24.3 Å². The van der Waals surface area contributed by atoms with E-state index in [1.54, 1.807) is 0 Å². The van der Waals surface area contributed by atoms with Crippen molar-refractivity contribution in [3.63, 3.8) is 0 Å². The number of nitrogens with one attached hydrogen (secondary N) is 1. The van der Waals surface area contributed by atoms with E-state index in [4.69, 9.17) is 4.74 Å². The van der Waals surface area contributed by atoms with Crippen LogP contribution in [0.5, 0.6) is 5.75 Å². The molecule has 0 atom stereocenters. The smallest absolute Gasteiger partial charge is 0.279 e. The van der Waals surface area contributed by atoms with Gasteiger partial charge < -0.3 is 4.74 Å². The molecule has 1 aromatic carbocycles. The molecule has 0 saturated heterocycles. The summed E-state index contributed by atoms with van der Waals surface area (Å²) in [5.74, 6) is 0.738. The van der Waals surface area contributed by atoms with Crippen LogP contribution < -0.4 is 9.46 Å². The Morgan fingerprint density at radius 1 is 1.15 bits per heavy atom. The van der Waals surface area contributed by atoms with Gasteiger partial charge in [0.15, 0.2) is 0 Å². The molecule has 0 heterocycles. The van der Waals surface area contributed by atoms with Crippen LogP contribution in [0, 0.1) is 0 Å². The summed E-state index contributed by atoms with van der Waals surface area (Å²) in [4.78, 5) is 0. The fourth-order valence-electron chi connectivity index (χ4n) is 1.52. The van der Waals surface area contributed by atoms with E-state index < -0.39 is 10.2 Å². The molecule has 0 aliphatic heterocycles. The van der Waals surface area contributed by atoms with E-state index in [9.17, 15) is 8.42 Å². The van der Waals surface area contributed by atoms with Crippen LogP contribution in [-0.4, -0.2) is 40.0 Å². The lowest BCUT2D eigenvalue weighted by atomic mass is 9.87. The highest BCUT2D eigenvalue weighted by Crippen LogP contribution is 2.24. The molecular formula is C14H24N2O3S. The van der Waals surface area contributed by atoms with E-state index in [1.165, 1.54) is 19.7 Å². The standard InChI is InChI=1S/C14H24N2O3S/c1-14(2,3)12-6-8-13(9-7-12)19-11-10-15-20(17,18)16(4)5/h6-9,15H,10-11H2,1-5H3. The minimum Gasteiger partial charge on any atom is -0.492 e. The Morgan fingerprint density at radius 2 is 1.70 bits per heavy atom. The SMILES string of the molecule is CN(C)S(=O)(=O)NCCOc1ccc(C(C)(C)C)cc1. The Hall–Kier alpha value is -1.11. The zero-order valence-electron chi connectivity index (χ0n) is 12.8. The first-order valence-electron chi connectivity index (χ1n) is 6.53. The highest BCUT2D eigenvalue weighted by molar-refractivity contribution is 7.87. The van der Waals surface area contributed by atoms with Gasteiger partial charge in [-0.15, -0.1) is 0 Å². The van der Waals surface area contributed by atoms with E-state index >= 15 is 0 Å². The molecule has 6 heteroatoms. The molecule has 20 heavy (non-hydrogen) atoms. The van der Waals surface area contributed by atoms with Crippen LogP contribution in [0.2, 0.25) is 0 Å². The molecule has 5 nitrogen and oxygen atoms in total. The van der Waals surface area contributed by atoms with Crippen molar-refractivity contribution in [1.29, 1.82) is 0 Å². The minimum absolute atomic E-state index is 0.111. The maximum Gasteiger partial charge on any atom is 0.279 e. The van der Waals surface area contributed by atoms with E-state index in [0.717, 1.165) is 10.1 Å². The van der Waals surface area contributed by atoms with Crippen molar-refractivity contribution in [2.75, 3.05) is 27.2 Å². The fraction of sp³-hybridized carbons (Fsp3) is 0.571. The van der Waals surface area contributed by atoms with Crippen LogP contribution >= 0.6 is 0 Å². The minimum atomic E-state index is -3.38. The van der Waals surface area contributed by atoms with Crippen molar-refractivity contribution < 1.29 is 13.2 Å². The molecule has 1 rings (SSSR count). The highest BCUT2D eigenvalue weighted by Gasteiger charge is 2.13. The fourth-order valence-corrected chi connectivity index (χ4v) is 2.12. The van der Waals surface area contributed by atoms with E-state index in [0.29, 0.717) is 6.61 Å². The topological polar surface area (TPSA) is 58.6 Å². The lowest BCUT2D eigenvalue weighted by Gasteiger charge is -2.19. The predicted octanol–water partition coefficient (Wildman–Crippen LogP) is 1.76. The van der Waals surface area contributed by atoms with Gasteiger partial charge in [0.25, 0.3) is 10.2 Å². The Balaban J connectivity index is 2.44. The van der Waals surface area contributed by atoms with Crippen molar-refractivity contribution in [3.8, 4) is 5.75 Å². The summed E-state index contributed by atoms with van der Waals surface area (Å²) in [6, 6.07) is 7.86. The van der Waals surface area contributed by atoms with Crippen molar-refractivity contribution in [1.82, 2.24) is 9.03 Å². The quantitative estimate of drug-likeness (QED) is 0.814. The van der Waals surface area contributed by atoms with E-state index in [2.05, 4.69) is 25.5 Å². The summed E-state index contributed by atoms with van der Waals surface area (Å²) < 4.78 is 32.0. The molecule has 0 saturated carbocycles. The average Bonchev–Trinajstić information content (AvgIpc) is 2.34. The molecule has 0 radical (unpaired) electrons.